The number of hydrogen-bond donors (Lipinski definition) is 3. The van der Waals surface area contributed by atoms with Crippen molar-refractivity contribution in [2.24, 2.45) is 0 Å². The number of urea groups is 1. The Kier molecular flexibility index (Phi) is 5.60. The van der Waals surface area contributed by atoms with Crippen LogP contribution in [0, 0.1) is 5.82 Å². The summed E-state index contributed by atoms with van der Waals surface area (Å²) in [6.45, 7) is 2.51. The lowest BCUT2D eigenvalue weighted by Gasteiger charge is -2.08. The normalized spacial score (nSPS) is 11.4. The molecule has 0 fully saturated rings. The van der Waals surface area contributed by atoms with Crippen molar-refractivity contribution in [3.05, 3.63) is 39.6 Å². The molecule has 0 aliphatic carbocycles. The second-order valence-electron chi connectivity index (χ2n) is 4.09. The van der Waals surface area contributed by atoms with Crippen molar-refractivity contribution >= 4 is 39.5 Å². The number of anilines is 1. The van der Waals surface area contributed by atoms with Gasteiger partial charge >= 0.3 is 12.0 Å². The summed E-state index contributed by atoms with van der Waals surface area (Å²) in [5, 5.41) is 12.8. The van der Waals surface area contributed by atoms with Crippen LogP contribution in [0.15, 0.2) is 33.8 Å². The zero-order valence-corrected chi connectivity index (χ0v) is 12.7. The maximum Gasteiger partial charge on any atom is 0.331 e. The average molecular weight is 359 g/mol. The van der Waals surface area contributed by atoms with Gasteiger partial charge in [-0.2, -0.15) is 0 Å². The molecular weight excluding hydrogens is 347 g/mol. The second kappa shape index (κ2) is 6.98. The lowest BCUT2D eigenvalue weighted by atomic mass is 10.1. The Bertz CT molecular complexity index is 643. The molecule has 0 aromatic heterocycles. The van der Waals surface area contributed by atoms with Crippen LogP contribution in [0.5, 0.6) is 0 Å². The third-order valence-electron chi connectivity index (χ3n) is 2.63. The molecule has 0 saturated heterocycles. The number of carbonyl (C=O) groups excluding carboxylic acids is 2. The molecule has 1 aromatic rings. The highest BCUT2D eigenvalue weighted by atomic mass is 79.9. The first-order chi connectivity index (χ1) is 9.72. The van der Waals surface area contributed by atoms with E-state index in [1.165, 1.54) is 26.0 Å². The Labute approximate surface area is 128 Å². The summed E-state index contributed by atoms with van der Waals surface area (Å²) in [5.74, 6) is -2.81. The maximum atomic E-state index is 13.5. The van der Waals surface area contributed by atoms with E-state index in [2.05, 4.69) is 21.2 Å². The summed E-state index contributed by atoms with van der Waals surface area (Å²) in [4.78, 5) is 33.9. The van der Waals surface area contributed by atoms with Crippen LogP contribution in [-0.2, 0) is 9.59 Å². The predicted octanol–water partition coefficient (Wildman–Crippen LogP) is 2.66. The van der Waals surface area contributed by atoms with Gasteiger partial charge in [-0.3, -0.25) is 10.1 Å². The number of nitrogens with one attached hydrogen (secondary N) is 2. The van der Waals surface area contributed by atoms with Gasteiger partial charge in [-0.1, -0.05) is 15.9 Å². The topological polar surface area (TPSA) is 95.5 Å². The van der Waals surface area contributed by atoms with Gasteiger partial charge in [-0.15, -0.1) is 0 Å². The van der Waals surface area contributed by atoms with Crippen molar-refractivity contribution in [3.63, 3.8) is 0 Å². The van der Waals surface area contributed by atoms with E-state index in [0.717, 1.165) is 6.07 Å². The van der Waals surface area contributed by atoms with Crippen molar-refractivity contribution < 1.29 is 23.9 Å². The molecule has 0 aliphatic heterocycles. The molecule has 6 nitrogen and oxygen atoms in total. The molecule has 0 bridgehead atoms. The summed E-state index contributed by atoms with van der Waals surface area (Å²) in [6.07, 6.45) is 0. The lowest BCUT2D eigenvalue weighted by Crippen LogP contribution is -2.35. The highest BCUT2D eigenvalue weighted by Gasteiger charge is 2.16. The van der Waals surface area contributed by atoms with Gasteiger partial charge in [-0.25, -0.2) is 14.0 Å². The standard InChI is InChI=1S/C13H12BrFN2O4/c1-6(7(2)12(19)20)11(18)17-13(21)16-10-4-3-8(14)5-9(10)15/h3-5H,1-2H3,(H,19,20)(H2,16,17,18,21). The lowest BCUT2D eigenvalue weighted by molar-refractivity contribution is -0.133. The SMILES string of the molecule is CC(C(=O)O)=C(C)C(=O)NC(=O)Nc1ccc(Br)cc1F. The molecule has 8 heteroatoms. The zero-order chi connectivity index (χ0) is 16.2. The van der Waals surface area contributed by atoms with Crippen molar-refractivity contribution in [2.45, 2.75) is 13.8 Å². The van der Waals surface area contributed by atoms with Gasteiger partial charge in [0.1, 0.15) is 5.82 Å². The van der Waals surface area contributed by atoms with Crippen LogP contribution in [0.4, 0.5) is 14.9 Å². The molecule has 0 atom stereocenters. The first-order valence-electron chi connectivity index (χ1n) is 5.70. The number of rotatable bonds is 3. The molecule has 0 radical (unpaired) electrons. The molecular formula is C13H12BrFN2O4. The molecule has 0 unspecified atom stereocenters. The fourth-order valence-corrected chi connectivity index (χ4v) is 1.61. The largest absolute Gasteiger partial charge is 0.478 e. The second-order valence-corrected chi connectivity index (χ2v) is 5.00. The van der Waals surface area contributed by atoms with E-state index in [1.54, 1.807) is 0 Å². The third kappa shape index (κ3) is 4.67. The fourth-order valence-electron chi connectivity index (χ4n) is 1.27. The Morgan fingerprint density at radius 3 is 2.33 bits per heavy atom. The molecule has 1 aromatic carbocycles. The Morgan fingerprint density at radius 1 is 1.19 bits per heavy atom. The summed E-state index contributed by atoms with van der Waals surface area (Å²) in [5.41, 5.74) is -0.413. The molecule has 3 N–H and O–H groups in total. The first-order valence-corrected chi connectivity index (χ1v) is 6.49. The van der Waals surface area contributed by atoms with Crippen LogP contribution in [0.1, 0.15) is 13.8 Å². The number of amides is 3. The van der Waals surface area contributed by atoms with Crippen molar-refractivity contribution in [2.75, 3.05) is 5.32 Å². The molecule has 0 heterocycles. The number of carboxylic acid groups (broad SMARTS) is 1. The van der Waals surface area contributed by atoms with Gasteiger partial charge in [0.15, 0.2) is 0 Å². The van der Waals surface area contributed by atoms with E-state index >= 15 is 0 Å². The van der Waals surface area contributed by atoms with Crippen LogP contribution < -0.4 is 10.6 Å². The summed E-state index contributed by atoms with van der Waals surface area (Å²) < 4.78 is 14.0. The van der Waals surface area contributed by atoms with Crippen molar-refractivity contribution in [1.29, 1.82) is 0 Å². The van der Waals surface area contributed by atoms with E-state index in [4.69, 9.17) is 5.11 Å². The number of aliphatic carboxylic acids is 1. The minimum atomic E-state index is -1.26. The van der Waals surface area contributed by atoms with Crippen LogP contribution in [-0.4, -0.2) is 23.0 Å². The van der Waals surface area contributed by atoms with Crippen molar-refractivity contribution in [3.8, 4) is 0 Å². The van der Waals surface area contributed by atoms with E-state index in [0.29, 0.717) is 4.47 Å². The molecule has 0 aliphatic rings. The smallest absolute Gasteiger partial charge is 0.331 e. The Hall–Kier alpha value is -2.22. The first kappa shape index (κ1) is 16.8. The number of imide groups is 1. The summed E-state index contributed by atoms with van der Waals surface area (Å²) in [6, 6.07) is 3.02. The number of hydrogen-bond acceptors (Lipinski definition) is 3. The van der Waals surface area contributed by atoms with E-state index in [-0.39, 0.29) is 16.8 Å². The highest BCUT2D eigenvalue weighted by Crippen LogP contribution is 2.19. The van der Waals surface area contributed by atoms with E-state index < -0.39 is 23.7 Å². The Balaban J connectivity index is 2.76. The Morgan fingerprint density at radius 2 is 1.81 bits per heavy atom. The quantitative estimate of drug-likeness (QED) is 0.723. The third-order valence-corrected chi connectivity index (χ3v) is 3.12. The molecule has 1 rings (SSSR count). The number of carbonyl (C=O) groups is 3. The minimum absolute atomic E-state index is 0.111. The number of carboxylic acids is 1. The summed E-state index contributed by atoms with van der Waals surface area (Å²) >= 11 is 3.07. The number of halogens is 2. The zero-order valence-electron chi connectivity index (χ0n) is 11.2. The van der Waals surface area contributed by atoms with Gasteiger partial charge < -0.3 is 10.4 Å². The average Bonchev–Trinajstić information content (AvgIpc) is 2.40. The molecule has 21 heavy (non-hydrogen) atoms. The monoisotopic (exact) mass is 358 g/mol. The van der Waals surface area contributed by atoms with Gasteiger partial charge in [0.05, 0.1) is 5.69 Å². The summed E-state index contributed by atoms with van der Waals surface area (Å²) in [7, 11) is 0. The van der Waals surface area contributed by atoms with Crippen LogP contribution in [0.25, 0.3) is 0 Å². The van der Waals surface area contributed by atoms with E-state index in [1.807, 2.05) is 5.32 Å². The highest BCUT2D eigenvalue weighted by molar-refractivity contribution is 9.10. The van der Waals surface area contributed by atoms with E-state index in [9.17, 15) is 18.8 Å². The number of benzene rings is 1. The predicted molar refractivity (Wildman–Crippen MR) is 77.3 cm³/mol. The van der Waals surface area contributed by atoms with Gasteiger partial charge in [0.2, 0.25) is 0 Å². The van der Waals surface area contributed by atoms with Gasteiger partial charge in [0, 0.05) is 15.6 Å². The fraction of sp³-hybridized carbons (Fsp3) is 0.154. The van der Waals surface area contributed by atoms with Crippen LogP contribution in [0.2, 0.25) is 0 Å². The molecule has 0 saturated carbocycles. The van der Waals surface area contributed by atoms with Crippen LogP contribution >= 0.6 is 15.9 Å². The van der Waals surface area contributed by atoms with Crippen molar-refractivity contribution in [1.82, 2.24) is 5.32 Å². The van der Waals surface area contributed by atoms with Gasteiger partial charge in [-0.05, 0) is 32.0 Å². The molecule has 112 valence electrons. The molecule has 3 amide bonds. The maximum absolute atomic E-state index is 13.5. The van der Waals surface area contributed by atoms with Gasteiger partial charge in [0.25, 0.3) is 5.91 Å². The molecule has 0 spiro atoms. The minimum Gasteiger partial charge on any atom is -0.478 e. The van der Waals surface area contributed by atoms with Crippen LogP contribution in [0.3, 0.4) is 0 Å².